The first-order valence-corrected chi connectivity index (χ1v) is 9.11. The quantitative estimate of drug-likeness (QED) is 0.790. The maximum absolute atomic E-state index is 6.84. The van der Waals surface area contributed by atoms with Crippen LogP contribution in [0.2, 0.25) is 0 Å². The van der Waals surface area contributed by atoms with Gasteiger partial charge in [-0.1, -0.05) is 49.6 Å². The van der Waals surface area contributed by atoms with Crippen LogP contribution in [-0.4, -0.2) is 51.5 Å². The van der Waals surface area contributed by atoms with Crippen LogP contribution in [0.5, 0.6) is 0 Å². The summed E-state index contributed by atoms with van der Waals surface area (Å²) in [4.78, 5) is 0. The summed E-state index contributed by atoms with van der Waals surface area (Å²) in [6, 6.07) is 10.8. The minimum Gasteiger partial charge on any atom is -0.375 e. The number of likely N-dealkylation sites (N-methyl/N-ethyl adjacent to an activating group) is 1. The van der Waals surface area contributed by atoms with E-state index in [2.05, 4.69) is 51.5 Å². The maximum atomic E-state index is 6.84. The number of nitrogens with zero attached hydrogens (tertiary/aromatic N) is 1. The van der Waals surface area contributed by atoms with Crippen LogP contribution in [0.25, 0.3) is 0 Å². The molecule has 1 saturated heterocycles. The van der Waals surface area contributed by atoms with Crippen LogP contribution in [0, 0.1) is 5.92 Å². The molecule has 1 aliphatic carbocycles. The molecule has 1 heterocycles. The average molecular weight is 318 g/mol. The summed E-state index contributed by atoms with van der Waals surface area (Å²) >= 11 is 0. The third-order valence-corrected chi connectivity index (χ3v) is 5.28. The number of ether oxygens (including phenoxy) is 2. The van der Waals surface area contributed by atoms with Crippen molar-refractivity contribution in [2.75, 3.05) is 40.9 Å². The molecule has 1 aliphatic heterocycles. The van der Waals surface area contributed by atoms with E-state index in [1.54, 1.807) is 0 Å². The van der Waals surface area contributed by atoms with Crippen LogP contribution in [0.3, 0.4) is 0 Å². The lowest BCUT2D eigenvalue weighted by molar-refractivity contribution is -0.874. The molecular weight excluding hydrogens is 286 g/mol. The molecule has 3 rings (SSSR count). The Labute approximate surface area is 141 Å². The zero-order valence-corrected chi connectivity index (χ0v) is 15.0. The Morgan fingerprint density at radius 1 is 1.04 bits per heavy atom. The van der Waals surface area contributed by atoms with Crippen molar-refractivity contribution >= 4 is 0 Å². The first-order valence-electron chi connectivity index (χ1n) is 9.11. The average Bonchev–Trinajstić information content (AvgIpc) is 2.55. The number of hydrogen-bond donors (Lipinski definition) is 0. The highest BCUT2D eigenvalue weighted by molar-refractivity contribution is 5.25. The zero-order valence-electron chi connectivity index (χ0n) is 15.0. The molecule has 2 fully saturated rings. The highest BCUT2D eigenvalue weighted by atomic mass is 16.6. The molecule has 1 aromatic rings. The lowest BCUT2D eigenvalue weighted by atomic mass is 9.73. The van der Waals surface area contributed by atoms with Crippen molar-refractivity contribution in [3.05, 3.63) is 35.9 Å². The van der Waals surface area contributed by atoms with Crippen molar-refractivity contribution in [3.63, 3.8) is 0 Å². The standard InChI is InChI=1S/C20H32NO2/c1-21(2,3)14-19-15-22-16-20(23-19,17-10-6-4-7-11-17)18-12-8-5-9-13-18/h4,6-7,10-11,18-19H,5,8-9,12-16H2,1-3H3/q+1/t19-,20-/m1/s1. The summed E-state index contributed by atoms with van der Waals surface area (Å²) in [5.41, 5.74) is 1.05. The summed E-state index contributed by atoms with van der Waals surface area (Å²) in [5, 5.41) is 0. The normalized spacial score (nSPS) is 30.3. The van der Waals surface area contributed by atoms with E-state index in [1.807, 2.05) is 0 Å². The molecule has 1 aromatic carbocycles. The zero-order chi connectivity index (χ0) is 16.3. The highest BCUT2D eigenvalue weighted by Crippen LogP contribution is 2.44. The lowest BCUT2D eigenvalue weighted by Crippen LogP contribution is -2.55. The molecule has 3 heteroatoms. The van der Waals surface area contributed by atoms with Gasteiger partial charge in [-0.15, -0.1) is 0 Å². The summed E-state index contributed by atoms with van der Waals surface area (Å²) in [6.45, 7) is 2.41. The van der Waals surface area contributed by atoms with Gasteiger partial charge >= 0.3 is 0 Å². The van der Waals surface area contributed by atoms with Gasteiger partial charge in [0.15, 0.2) is 0 Å². The summed E-state index contributed by atoms with van der Waals surface area (Å²) < 4.78 is 13.9. The summed E-state index contributed by atoms with van der Waals surface area (Å²) in [5.74, 6) is 0.578. The van der Waals surface area contributed by atoms with Gasteiger partial charge in [0.1, 0.15) is 18.2 Å². The molecule has 0 unspecified atom stereocenters. The van der Waals surface area contributed by atoms with Gasteiger partial charge in [0.05, 0.1) is 34.4 Å². The fourth-order valence-corrected chi connectivity index (χ4v) is 4.30. The molecule has 23 heavy (non-hydrogen) atoms. The predicted molar refractivity (Wildman–Crippen MR) is 93.3 cm³/mol. The number of rotatable bonds is 4. The molecule has 0 spiro atoms. The van der Waals surface area contributed by atoms with Crippen molar-refractivity contribution in [2.24, 2.45) is 5.92 Å². The third-order valence-electron chi connectivity index (χ3n) is 5.28. The highest BCUT2D eigenvalue weighted by Gasteiger charge is 2.47. The second-order valence-electron chi connectivity index (χ2n) is 8.32. The van der Waals surface area contributed by atoms with E-state index in [4.69, 9.17) is 9.47 Å². The third kappa shape index (κ3) is 3.96. The van der Waals surface area contributed by atoms with Gasteiger partial charge < -0.3 is 14.0 Å². The summed E-state index contributed by atoms with van der Waals surface area (Å²) in [7, 11) is 6.67. The molecule has 0 aromatic heterocycles. The second kappa shape index (κ2) is 6.92. The van der Waals surface area contributed by atoms with Crippen molar-refractivity contribution in [3.8, 4) is 0 Å². The van der Waals surface area contributed by atoms with Gasteiger partial charge in [-0.2, -0.15) is 0 Å². The maximum Gasteiger partial charge on any atom is 0.131 e. The van der Waals surface area contributed by atoms with Crippen molar-refractivity contribution in [1.29, 1.82) is 0 Å². The summed E-state index contributed by atoms with van der Waals surface area (Å²) in [6.07, 6.45) is 6.70. The fraction of sp³-hybridized carbons (Fsp3) is 0.700. The van der Waals surface area contributed by atoms with E-state index in [-0.39, 0.29) is 11.7 Å². The van der Waals surface area contributed by atoms with Gasteiger partial charge in [-0.25, -0.2) is 0 Å². The first kappa shape index (κ1) is 16.9. The predicted octanol–water partition coefficient (Wildman–Crippen LogP) is 3.58. The molecule has 3 nitrogen and oxygen atoms in total. The Bertz CT molecular complexity index is 490. The Balaban J connectivity index is 1.88. The molecule has 2 atom stereocenters. The van der Waals surface area contributed by atoms with E-state index in [0.717, 1.165) is 17.6 Å². The topological polar surface area (TPSA) is 18.5 Å². The molecule has 0 radical (unpaired) electrons. The van der Waals surface area contributed by atoms with E-state index in [9.17, 15) is 0 Å². The van der Waals surface area contributed by atoms with Gasteiger partial charge in [0, 0.05) is 0 Å². The Morgan fingerprint density at radius 2 is 1.74 bits per heavy atom. The molecule has 128 valence electrons. The Hall–Kier alpha value is -0.900. The van der Waals surface area contributed by atoms with E-state index >= 15 is 0 Å². The van der Waals surface area contributed by atoms with E-state index in [0.29, 0.717) is 12.5 Å². The number of quaternary nitrogens is 1. The molecular formula is C20H32NO2+. The van der Waals surface area contributed by atoms with Crippen LogP contribution < -0.4 is 0 Å². The molecule has 0 amide bonds. The van der Waals surface area contributed by atoms with Crippen LogP contribution >= 0.6 is 0 Å². The number of hydrogen-bond acceptors (Lipinski definition) is 2. The fourth-order valence-electron chi connectivity index (χ4n) is 4.30. The smallest absolute Gasteiger partial charge is 0.131 e. The molecule has 0 bridgehead atoms. The van der Waals surface area contributed by atoms with Gasteiger partial charge in [-0.3, -0.25) is 0 Å². The van der Waals surface area contributed by atoms with Gasteiger partial charge in [0.25, 0.3) is 0 Å². The Kier molecular flexibility index (Phi) is 5.10. The van der Waals surface area contributed by atoms with Crippen molar-refractivity contribution in [2.45, 2.75) is 43.8 Å². The monoisotopic (exact) mass is 318 g/mol. The van der Waals surface area contributed by atoms with E-state index < -0.39 is 0 Å². The van der Waals surface area contributed by atoms with Crippen molar-refractivity contribution in [1.82, 2.24) is 0 Å². The molecule has 0 N–H and O–H groups in total. The van der Waals surface area contributed by atoms with Crippen LogP contribution in [0.1, 0.15) is 37.7 Å². The second-order valence-corrected chi connectivity index (χ2v) is 8.32. The van der Waals surface area contributed by atoms with Gasteiger partial charge in [-0.05, 0) is 24.3 Å². The van der Waals surface area contributed by atoms with Crippen LogP contribution in [-0.2, 0) is 15.1 Å². The van der Waals surface area contributed by atoms with E-state index in [1.165, 1.54) is 37.7 Å². The first-order chi connectivity index (χ1) is 11.0. The van der Waals surface area contributed by atoms with Crippen LogP contribution in [0.15, 0.2) is 30.3 Å². The largest absolute Gasteiger partial charge is 0.375 e. The van der Waals surface area contributed by atoms with Crippen LogP contribution in [0.4, 0.5) is 0 Å². The van der Waals surface area contributed by atoms with Gasteiger partial charge in [0.2, 0.25) is 0 Å². The molecule has 2 aliphatic rings. The minimum atomic E-state index is -0.250. The van der Waals surface area contributed by atoms with Crippen molar-refractivity contribution < 1.29 is 14.0 Å². The SMILES string of the molecule is C[N+](C)(C)C[C@@H]1COC[C@@](c2ccccc2)(C2CCCCC2)O1. The molecule has 1 saturated carbocycles. The number of benzene rings is 1. The minimum absolute atomic E-state index is 0.172. The lowest BCUT2D eigenvalue weighted by Gasteiger charge is -2.48. The Morgan fingerprint density at radius 3 is 2.39 bits per heavy atom.